The second-order valence-corrected chi connectivity index (χ2v) is 5.50. The molecule has 0 spiro atoms. The van der Waals surface area contributed by atoms with Crippen LogP contribution in [0.15, 0.2) is 12.3 Å². The van der Waals surface area contributed by atoms with E-state index in [2.05, 4.69) is 35.8 Å². The third-order valence-corrected chi connectivity index (χ3v) is 2.92. The van der Waals surface area contributed by atoms with Crippen molar-refractivity contribution >= 4 is 5.82 Å². The van der Waals surface area contributed by atoms with Gasteiger partial charge >= 0.3 is 0 Å². The summed E-state index contributed by atoms with van der Waals surface area (Å²) in [6, 6.07) is 1.93. The van der Waals surface area contributed by atoms with Crippen molar-refractivity contribution in [2.24, 2.45) is 7.05 Å². The van der Waals surface area contributed by atoms with Crippen LogP contribution in [0.25, 0.3) is 11.4 Å². The molecule has 5 heteroatoms. The molecule has 0 aliphatic heterocycles. The molecule has 0 aliphatic rings. The molecule has 2 rings (SSSR count). The molecule has 2 heterocycles. The Morgan fingerprint density at radius 2 is 1.89 bits per heavy atom. The van der Waals surface area contributed by atoms with E-state index in [9.17, 15) is 0 Å². The minimum absolute atomic E-state index is 0.130. The molecule has 2 N–H and O–H groups in total. The number of anilines is 1. The highest BCUT2D eigenvalue weighted by atomic mass is 15.3. The molecule has 0 fully saturated rings. The van der Waals surface area contributed by atoms with Gasteiger partial charge in [0.1, 0.15) is 11.6 Å². The van der Waals surface area contributed by atoms with Gasteiger partial charge in [-0.15, -0.1) is 0 Å². The predicted octanol–water partition coefficient (Wildman–Crippen LogP) is 2.07. The van der Waals surface area contributed by atoms with Crippen LogP contribution >= 0.6 is 0 Å². The quantitative estimate of drug-likeness (QED) is 0.835. The molecule has 0 aliphatic carbocycles. The zero-order valence-corrected chi connectivity index (χ0v) is 11.5. The van der Waals surface area contributed by atoms with Gasteiger partial charge in [-0.25, -0.2) is 9.97 Å². The number of hydrogen-bond acceptors (Lipinski definition) is 4. The Morgan fingerprint density at radius 3 is 2.39 bits per heavy atom. The molecule has 0 unspecified atom stereocenters. The molecule has 0 bridgehead atoms. The molecule has 0 radical (unpaired) electrons. The molecule has 0 saturated carbocycles. The normalized spacial score (nSPS) is 11.8. The lowest BCUT2D eigenvalue weighted by molar-refractivity contribution is 0.546. The summed E-state index contributed by atoms with van der Waals surface area (Å²) in [6.45, 7) is 8.16. The van der Waals surface area contributed by atoms with E-state index in [0.29, 0.717) is 5.82 Å². The average molecular weight is 245 g/mol. The van der Waals surface area contributed by atoms with Crippen LogP contribution in [0.1, 0.15) is 32.2 Å². The maximum Gasteiger partial charge on any atom is 0.136 e. The number of aromatic nitrogens is 4. The zero-order chi connectivity index (χ0) is 13.5. The lowest BCUT2D eigenvalue weighted by atomic mass is 9.95. The van der Waals surface area contributed by atoms with Gasteiger partial charge in [-0.3, -0.25) is 4.68 Å². The fourth-order valence-electron chi connectivity index (χ4n) is 1.73. The fraction of sp³-hybridized carbons (Fsp3) is 0.462. The molecule has 5 nitrogen and oxygen atoms in total. The summed E-state index contributed by atoms with van der Waals surface area (Å²) in [5, 5.41) is 4.17. The van der Waals surface area contributed by atoms with E-state index in [1.165, 1.54) is 0 Å². The summed E-state index contributed by atoms with van der Waals surface area (Å²) in [5.74, 6) is 1.29. The van der Waals surface area contributed by atoms with Crippen molar-refractivity contribution in [2.45, 2.75) is 33.1 Å². The van der Waals surface area contributed by atoms with E-state index in [0.717, 1.165) is 22.8 Å². The van der Waals surface area contributed by atoms with Gasteiger partial charge in [-0.2, -0.15) is 5.10 Å². The van der Waals surface area contributed by atoms with Crippen molar-refractivity contribution < 1.29 is 0 Å². The SMILES string of the molecule is Cc1c(N)nc(C(C)(C)C)nc1-c1ccnn1C. The number of nitrogens with zero attached hydrogens (tertiary/aromatic N) is 4. The maximum atomic E-state index is 5.99. The van der Waals surface area contributed by atoms with Gasteiger partial charge in [-0.05, 0) is 13.0 Å². The van der Waals surface area contributed by atoms with Crippen LogP contribution in [0.4, 0.5) is 5.82 Å². The molecular weight excluding hydrogens is 226 g/mol. The monoisotopic (exact) mass is 245 g/mol. The van der Waals surface area contributed by atoms with E-state index in [1.807, 2.05) is 20.0 Å². The Balaban J connectivity index is 2.68. The molecule has 18 heavy (non-hydrogen) atoms. The lowest BCUT2D eigenvalue weighted by Gasteiger charge is -2.19. The van der Waals surface area contributed by atoms with Gasteiger partial charge in [-0.1, -0.05) is 20.8 Å². The second-order valence-electron chi connectivity index (χ2n) is 5.50. The molecule has 0 amide bonds. The van der Waals surface area contributed by atoms with E-state index >= 15 is 0 Å². The third kappa shape index (κ3) is 2.08. The fourth-order valence-corrected chi connectivity index (χ4v) is 1.73. The van der Waals surface area contributed by atoms with Crippen LogP contribution in [0.2, 0.25) is 0 Å². The van der Waals surface area contributed by atoms with Crippen LogP contribution in [0.5, 0.6) is 0 Å². The Labute approximate surface area is 107 Å². The van der Waals surface area contributed by atoms with Gasteiger partial charge in [0.15, 0.2) is 0 Å². The van der Waals surface area contributed by atoms with Crippen molar-refractivity contribution in [1.82, 2.24) is 19.7 Å². The molecular formula is C13H19N5. The van der Waals surface area contributed by atoms with Crippen LogP contribution in [0, 0.1) is 6.92 Å². The van der Waals surface area contributed by atoms with E-state index in [1.54, 1.807) is 10.9 Å². The Morgan fingerprint density at radius 1 is 1.22 bits per heavy atom. The highest BCUT2D eigenvalue weighted by Gasteiger charge is 2.21. The Bertz CT molecular complexity index is 578. The van der Waals surface area contributed by atoms with Crippen molar-refractivity contribution in [3.8, 4) is 11.4 Å². The number of rotatable bonds is 1. The third-order valence-electron chi connectivity index (χ3n) is 2.92. The first-order valence-corrected chi connectivity index (χ1v) is 5.93. The smallest absolute Gasteiger partial charge is 0.136 e. The molecule has 96 valence electrons. The maximum absolute atomic E-state index is 5.99. The molecule has 2 aromatic rings. The van der Waals surface area contributed by atoms with Gasteiger partial charge in [0, 0.05) is 24.2 Å². The highest BCUT2D eigenvalue weighted by molar-refractivity contribution is 5.64. The van der Waals surface area contributed by atoms with Crippen LogP contribution in [-0.2, 0) is 12.5 Å². The van der Waals surface area contributed by atoms with Crippen molar-refractivity contribution in [1.29, 1.82) is 0 Å². The Hall–Kier alpha value is -1.91. The zero-order valence-electron chi connectivity index (χ0n) is 11.5. The summed E-state index contributed by atoms with van der Waals surface area (Å²) in [6.07, 6.45) is 1.75. The minimum atomic E-state index is -0.130. The standard InChI is InChI=1S/C13H19N5/c1-8-10(9-6-7-15-18(9)5)16-12(13(2,3)4)17-11(8)14/h6-7H,1-5H3,(H2,14,16,17). The molecule has 2 aromatic heterocycles. The van der Waals surface area contributed by atoms with Crippen LogP contribution in [0.3, 0.4) is 0 Å². The van der Waals surface area contributed by atoms with E-state index < -0.39 is 0 Å². The van der Waals surface area contributed by atoms with Gasteiger partial charge in [0.25, 0.3) is 0 Å². The number of nitrogen functional groups attached to an aromatic ring is 1. The highest BCUT2D eigenvalue weighted by Crippen LogP contribution is 2.27. The average Bonchev–Trinajstić information content (AvgIpc) is 2.67. The van der Waals surface area contributed by atoms with E-state index in [-0.39, 0.29) is 5.41 Å². The van der Waals surface area contributed by atoms with Gasteiger partial charge < -0.3 is 5.73 Å². The first-order valence-electron chi connectivity index (χ1n) is 5.93. The lowest BCUT2D eigenvalue weighted by Crippen LogP contribution is -2.18. The van der Waals surface area contributed by atoms with Gasteiger partial charge in [0.05, 0.1) is 11.4 Å². The largest absolute Gasteiger partial charge is 0.383 e. The summed E-state index contributed by atoms with van der Waals surface area (Å²) >= 11 is 0. The molecule has 0 atom stereocenters. The predicted molar refractivity (Wildman–Crippen MR) is 72.1 cm³/mol. The van der Waals surface area contributed by atoms with Crippen molar-refractivity contribution in [3.63, 3.8) is 0 Å². The molecule has 0 aromatic carbocycles. The topological polar surface area (TPSA) is 69.6 Å². The number of nitrogens with two attached hydrogens (primary N) is 1. The van der Waals surface area contributed by atoms with Gasteiger partial charge in [0.2, 0.25) is 0 Å². The summed E-state index contributed by atoms with van der Waals surface area (Å²) in [5.41, 5.74) is 8.56. The van der Waals surface area contributed by atoms with Crippen LogP contribution in [-0.4, -0.2) is 19.7 Å². The van der Waals surface area contributed by atoms with Crippen LogP contribution < -0.4 is 5.73 Å². The molecule has 0 saturated heterocycles. The van der Waals surface area contributed by atoms with E-state index in [4.69, 9.17) is 5.73 Å². The summed E-state index contributed by atoms with van der Waals surface area (Å²) in [4.78, 5) is 9.04. The number of aryl methyl sites for hydroxylation is 1. The summed E-state index contributed by atoms with van der Waals surface area (Å²) < 4.78 is 1.79. The summed E-state index contributed by atoms with van der Waals surface area (Å²) in [7, 11) is 1.89. The first-order chi connectivity index (χ1) is 8.30. The minimum Gasteiger partial charge on any atom is -0.383 e. The second kappa shape index (κ2) is 4.08. The van der Waals surface area contributed by atoms with Crippen molar-refractivity contribution in [2.75, 3.05) is 5.73 Å². The first kappa shape index (κ1) is 12.5. The number of hydrogen-bond donors (Lipinski definition) is 1. The van der Waals surface area contributed by atoms with Crippen molar-refractivity contribution in [3.05, 3.63) is 23.7 Å². The Kier molecular flexibility index (Phi) is 2.84.